The summed E-state index contributed by atoms with van der Waals surface area (Å²) in [5, 5.41) is 2.34. The average Bonchev–Trinajstić information content (AvgIpc) is 3.61. The molecule has 0 spiro atoms. The monoisotopic (exact) mass is 575 g/mol. The van der Waals surface area contributed by atoms with Crippen LogP contribution >= 0.6 is 0 Å². The standard InChI is InChI=1S/C42H29N3/c1-45-39-23-9-8-22-38(39)44-41(45)30-14-11-16-32(27-30)42(36-20-6-4-18-34(36)35-19-5-7-21-37(35)42)31-15-10-13-29(26-31)40-33-17-3-2-12-28(33)24-25-43-40/h2-27H,1H3. The van der Waals surface area contributed by atoms with E-state index >= 15 is 0 Å². The van der Waals surface area contributed by atoms with Crippen molar-refractivity contribution in [1.29, 1.82) is 0 Å². The summed E-state index contributed by atoms with van der Waals surface area (Å²) in [6.45, 7) is 0. The molecule has 6 aromatic carbocycles. The molecule has 0 bridgehead atoms. The van der Waals surface area contributed by atoms with E-state index in [1.165, 1.54) is 38.8 Å². The highest BCUT2D eigenvalue weighted by atomic mass is 15.1. The van der Waals surface area contributed by atoms with E-state index in [0.29, 0.717) is 0 Å². The van der Waals surface area contributed by atoms with Gasteiger partial charge in [-0.25, -0.2) is 4.98 Å². The fraction of sp³-hybridized carbons (Fsp3) is 0.0476. The normalized spacial score (nSPS) is 13.2. The second-order valence-electron chi connectivity index (χ2n) is 11.9. The summed E-state index contributed by atoms with van der Waals surface area (Å²) in [4.78, 5) is 9.97. The van der Waals surface area contributed by atoms with Crippen LogP contribution in [0.4, 0.5) is 0 Å². The van der Waals surface area contributed by atoms with Crippen LogP contribution in [0.15, 0.2) is 158 Å². The van der Waals surface area contributed by atoms with Gasteiger partial charge in [0.2, 0.25) is 0 Å². The van der Waals surface area contributed by atoms with Crippen LogP contribution in [0.1, 0.15) is 22.3 Å². The van der Waals surface area contributed by atoms with Gasteiger partial charge in [0.05, 0.1) is 22.1 Å². The first kappa shape index (κ1) is 25.7. The fourth-order valence-corrected chi connectivity index (χ4v) is 7.57. The Morgan fingerprint density at radius 1 is 0.556 bits per heavy atom. The van der Waals surface area contributed by atoms with Gasteiger partial charge in [-0.05, 0) is 69.1 Å². The third-order valence-electron chi connectivity index (χ3n) is 9.54. The average molecular weight is 576 g/mol. The predicted octanol–water partition coefficient (Wildman–Crippen LogP) is 9.82. The zero-order valence-electron chi connectivity index (χ0n) is 24.9. The maximum Gasteiger partial charge on any atom is 0.140 e. The minimum absolute atomic E-state index is 0.533. The van der Waals surface area contributed by atoms with E-state index in [2.05, 4.69) is 163 Å². The molecular formula is C42H29N3. The zero-order chi connectivity index (χ0) is 30.0. The van der Waals surface area contributed by atoms with Crippen molar-refractivity contribution in [2.75, 3.05) is 0 Å². The summed E-state index contributed by atoms with van der Waals surface area (Å²) in [6, 6.07) is 54.7. The molecule has 1 aliphatic rings. The summed E-state index contributed by atoms with van der Waals surface area (Å²) in [5.41, 5.74) is 12.4. The van der Waals surface area contributed by atoms with Crippen LogP contribution in [-0.2, 0) is 12.5 Å². The Labute approximate surface area is 262 Å². The SMILES string of the molecule is Cn1c(-c2cccc(C3(c4cccc(-c5nccc6ccccc56)c4)c4ccccc4-c4ccccc43)c2)nc2ccccc21. The van der Waals surface area contributed by atoms with E-state index in [4.69, 9.17) is 9.97 Å². The molecule has 2 aromatic heterocycles. The molecule has 45 heavy (non-hydrogen) atoms. The smallest absolute Gasteiger partial charge is 0.140 e. The van der Waals surface area contributed by atoms with Gasteiger partial charge in [-0.3, -0.25) is 4.98 Å². The Bertz CT molecular complexity index is 2360. The van der Waals surface area contributed by atoms with E-state index in [-0.39, 0.29) is 0 Å². The molecule has 0 amide bonds. The van der Waals surface area contributed by atoms with Crippen molar-refractivity contribution in [3.05, 3.63) is 180 Å². The fourth-order valence-electron chi connectivity index (χ4n) is 7.57. The molecule has 0 saturated heterocycles. The van der Waals surface area contributed by atoms with E-state index in [9.17, 15) is 0 Å². The third-order valence-corrected chi connectivity index (χ3v) is 9.54. The largest absolute Gasteiger partial charge is 0.327 e. The lowest BCUT2D eigenvalue weighted by atomic mass is 9.67. The van der Waals surface area contributed by atoms with E-state index in [1.54, 1.807) is 0 Å². The Morgan fingerprint density at radius 2 is 1.18 bits per heavy atom. The van der Waals surface area contributed by atoms with Crippen LogP contribution in [0.25, 0.3) is 55.6 Å². The van der Waals surface area contributed by atoms with Crippen LogP contribution in [0.2, 0.25) is 0 Å². The number of rotatable bonds is 4. The first-order chi connectivity index (χ1) is 22.2. The zero-order valence-corrected chi connectivity index (χ0v) is 24.9. The van der Waals surface area contributed by atoms with Gasteiger partial charge in [0, 0.05) is 29.8 Å². The number of hydrogen-bond donors (Lipinski definition) is 0. The number of hydrogen-bond acceptors (Lipinski definition) is 2. The third kappa shape index (κ3) is 3.71. The maximum atomic E-state index is 5.07. The highest BCUT2D eigenvalue weighted by molar-refractivity contribution is 5.95. The van der Waals surface area contributed by atoms with Crippen LogP contribution in [-0.4, -0.2) is 14.5 Å². The van der Waals surface area contributed by atoms with Gasteiger partial charge < -0.3 is 4.57 Å². The lowest BCUT2D eigenvalue weighted by Crippen LogP contribution is -2.28. The molecule has 0 atom stereocenters. The molecule has 0 aliphatic heterocycles. The minimum atomic E-state index is -0.533. The molecule has 0 fully saturated rings. The van der Waals surface area contributed by atoms with Crippen molar-refractivity contribution in [1.82, 2.24) is 14.5 Å². The number of pyridine rings is 1. The Kier molecular flexibility index (Phi) is 5.63. The number of benzene rings is 6. The van der Waals surface area contributed by atoms with Crippen LogP contribution in [0.3, 0.4) is 0 Å². The predicted molar refractivity (Wildman–Crippen MR) is 184 cm³/mol. The molecule has 0 radical (unpaired) electrons. The molecule has 3 heteroatoms. The highest BCUT2D eigenvalue weighted by Gasteiger charge is 2.46. The van der Waals surface area contributed by atoms with Crippen molar-refractivity contribution in [2.45, 2.75) is 5.41 Å². The summed E-state index contributed by atoms with van der Waals surface area (Å²) in [7, 11) is 2.11. The number of para-hydroxylation sites is 2. The number of nitrogens with zero attached hydrogens (tertiary/aromatic N) is 3. The van der Waals surface area contributed by atoms with Gasteiger partial charge in [-0.15, -0.1) is 0 Å². The molecule has 0 N–H and O–H groups in total. The number of aromatic nitrogens is 3. The topological polar surface area (TPSA) is 30.7 Å². The Morgan fingerprint density at radius 3 is 1.93 bits per heavy atom. The first-order valence-electron chi connectivity index (χ1n) is 15.4. The van der Waals surface area contributed by atoms with E-state index in [1.807, 2.05) is 6.20 Å². The van der Waals surface area contributed by atoms with Gasteiger partial charge in [-0.2, -0.15) is 0 Å². The summed E-state index contributed by atoms with van der Waals surface area (Å²) in [6.07, 6.45) is 1.92. The van der Waals surface area contributed by atoms with Gasteiger partial charge in [-0.1, -0.05) is 121 Å². The Hall–Kier alpha value is -5.80. The maximum absolute atomic E-state index is 5.07. The quantitative estimate of drug-likeness (QED) is 0.209. The second-order valence-corrected chi connectivity index (χ2v) is 11.9. The summed E-state index contributed by atoms with van der Waals surface area (Å²) < 4.78 is 2.20. The lowest BCUT2D eigenvalue weighted by Gasteiger charge is -2.34. The van der Waals surface area contributed by atoms with Crippen molar-refractivity contribution in [3.63, 3.8) is 0 Å². The number of imidazole rings is 1. The van der Waals surface area contributed by atoms with Crippen molar-refractivity contribution in [2.24, 2.45) is 7.05 Å². The summed E-state index contributed by atoms with van der Waals surface area (Å²) in [5.74, 6) is 0.960. The van der Waals surface area contributed by atoms with Gasteiger partial charge in [0.25, 0.3) is 0 Å². The van der Waals surface area contributed by atoms with Gasteiger partial charge in [0.1, 0.15) is 5.82 Å². The molecule has 0 unspecified atom stereocenters. The van der Waals surface area contributed by atoms with Crippen molar-refractivity contribution in [3.8, 4) is 33.8 Å². The first-order valence-corrected chi connectivity index (χ1v) is 15.4. The molecule has 3 nitrogen and oxygen atoms in total. The minimum Gasteiger partial charge on any atom is -0.327 e. The summed E-state index contributed by atoms with van der Waals surface area (Å²) >= 11 is 0. The van der Waals surface area contributed by atoms with Crippen molar-refractivity contribution < 1.29 is 0 Å². The molecule has 212 valence electrons. The van der Waals surface area contributed by atoms with E-state index in [0.717, 1.165) is 39.1 Å². The molecule has 0 saturated carbocycles. The molecule has 2 heterocycles. The van der Waals surface area contributed by atoms with Crippen LogP contribution in [0.5, 0.6) is 0 Å². The molecule has 8 aromatic rings. The van der Waals surface area contributed by atoms with Gasteiger partial charge in [0.15, 0.2) is 0 Å². The second kappa shape index (κ2) is 9.87. The molecule has 1 aliphatic carbocycles. The van der Waals surface area contributed by atoms with Crippen LogP contribution < -0.4 is 0 Å². The number of fused-ring (bicyclic) bond motifs is 5. The van der Waals surface area contributed by atoms with Crippen LogP contribution in [0, 0.1) is 0 Å². The van der Waals surface area contributed by atoms with Crippen molar-refractivity contribution >= 4 is 21.8 Å². The molecular weight excluding hydrogens is 546 g/mol. The van der Waals surface area contributed by atoms with E-state index < -0.39 is 5.41 Å². The highest BCUT2D eigenvalue weighted by Crippen LogP contribution is 2.56. The number of aryl methyl sites for hydroxylation is 1. The lowest BCUT2D eigenvalue weighted by molar-refractivity contribution is 0.768. The molecule has 9 rings (SSSR count). The van der Waals surface area contributed by atoms with Gasteiger partial charge >= 0.3 is 0 Å². The Balaban J connectivity index is 1.34.